The summed E-state index contributed by atoms with van der Waals surface area (Å²) >= 11 is 0. The number of rotatable bonds is 7. The fraction of sp³-hybridized carbons (Fsp3) is 0.316. The Morgan fingerprint density at radius 1 is 1.13 bits per heavy atom. The molecule has 0 N–H and O–H groups in total. The molecule has 0 atom stereocenters. The van der Waals surface area contributed by atoms with Gasteiger partial charge in [-0.2, -0.15) is 5.26 Å². The van der Waals surface area contributed by atoms with Crippen molar-refractivity contribution >= 4 is 0 Å². The van der Waals surface area contributed by atoms with Crippen LogP contribution >= 0.6 is 0 Å². The molecule has 0 radical (unpaired) electrons. The first-order valence-electron chi connectivity index (χ1n) is 7.87. The van der Waals surface area contributed by atoms with E-state index in [0.717, 1.165) is 24.9 Å². The number of nitrogens with zero attached hydrogens (tertiary/aromatic N) is 2. The summed E-state index contributed by atoms with van der Waals surface area (Å²) in [5.41, 5.74) is 1.26. The van der Waals surface area contributed by atoms with Gasteiger partial charge in [-0.15, -0.1) is 0 Å². The Labute approximate surface area is 135 Å². The monoisotopic (exact) mass is 310 g/mol. The smallest absolute Gasteiger partial charge is 0.137 e. The van der Waals surface area contributed by atoms with E-state index < -0.39 is 0 Å². The van der Waals surface area contributed by atoms with E-state index in [4.69, 9.17) is 10.00 Å². The zero-order valence-corrected chi connectivity index (χ0v) is 12.9. The summed E-state index contributed by atoms with van der Waals surface area (Å²) in [5, 5.41) is 9.07. The summed E-state index contributed by atoms with van der Waals surface area (Å²) < 4.78 is 19.6. The number of hydrogen-bond acceptors (Lipinski definition) is 3. The number of hydrogen-bond donors (Lipinski definition) is 0. The van der Waals surface area contributed by atoms with E-state index in [1.807, 2.05) is 24.3 Å². The molecule has 0 aromatic heterocycles. The van der Waals surface area contributed by atoms with Crippen LogP contribution in [0.4, 0.5) is 4.39 Å². The molecular weight excluding hydrogens is 291 g/mol. The SMILES string of the molecule is N#Cc1ccccc1OCCN(Cc1ccccc1F)C1CC1. The second-order valence-electron chi connectivity index (χ2n) is 5.75. The average molecular weight is 310 g/mol. The van der Waals surface area contributed by atoms with Crippen molar-refractivity contribution in [3.05, 3.63) is 65.5 Å². The molecule has 2 aromatic rings. The quantitative estimate of drug-likeness (QED) is 0.781. The van der Waals surface area contributed by atoms with Crippen LogP contribution in [0, 0.1) is 17.1 Å². The molecule has 0 amide bonds. The predicted molar refractivity (Wildman–Crippen MR) is 86.5 cm³/mol. The van der Waals surface area contributed by atoms with Gasteiger partial charge in [0.1, 0.15) is 24.2 Å². The van der Waals surface area contributed by atoms with Crippen LogP contribution in [0.1, 0.15) is 24.0 Å². The molecule has 0 bridgehead atoms. The summed E-state index contributed by atoms with van der Waals surface area (Å²) in [6.07, 6.45) is 2.31. The Bertz CT molecular complexity index is 707. The van der Waals surface area contributed by atoms with Crippen LogP contribution in [0.2, 0.25) is 0 Å². The van der Waals surface area contributed by atoms with Crippen LogP contribution in [-0.2, 0) is 6.54 Å². The maximum absolute atomic E-state index is 13.8. The number of ether oxygens (including phenoxy) is 1. The minimum atomic E-state index is -0.158. The van der Waals surface area contributed by atoms with Crippen molar-refractivity contribution in [2.75, 3.05) is 13.2 Å². The standard InChI is InChI=1S/C19H19FN2O/c20-18-7-3-1-6-16(18)14-22(17-9-10-17)11-12-23-19-8-4-2-5-15(19)13-21/h1-8,17H,9-12,14H2. The van der Waals surface area contributed by atoms with Gasteiger partial charge in [-0.05, 0) is 31.0 Å². The van der Waals surface area contributed by atoms with Crippen LogP contribution < -0.4 is 4.74 Å². The van der Waals surface area contributed by atoms with Gasteiger partial charge in [0, 0.05) is 24.7 Å². The highest BCUT2D eigenvalue weighted by Gasteiger charge is 2.29. The highest BCUT2D eigenvalue weighted by molar-refractivity contribution is 5.42. The van der Waals surface area contributed by atoms with Crippen LogP contribution in [0.5, 0.6) is 5.75 Å². The molecule has 0 aliphatic heterocycles. The third kappa shape index (κ3) is 4.08. The molecule has 2 aromatic carbocycles. The first-order chi connectivity index (χ1) is 11.3. The molecular formula is C19H19FN2O. The second-order valence-corrected chi connectivity index (χ2v) is 5.75. The van der Waals surface area contributed by atoms with E-state index in [9.17, 15) is 4.39 Å². The second kappa shape index (κ2) is 7.26. The van der Waals surface area contributed by atoms with Gasteiger partial charge < -0.3 is 4.74 Å². The van der Waals surface area contributed by atoms with E-state index in [0.29, 0.717) is 30.5 Å². The Balaban J connectivity index is 1.58. The minimum absolute atomic E-state index is 0.158. The van der Waals surface area contributed by atoms with Gasteiger partial charge in [0.2, 0.25) is 0 Å². The van der Waals surface area contributed by atoms with Gasteiger partial charge in [0.15, 0.2) is 0 Å². The molecule has 0 heterocycles. The lowest BCUT2D eigenvalue weighted by molar-refractivity contribution is 0.193. The lowest BCUT2D eigenvalue weighted by Gasteiger charge is -2.22. The van der Waals surface area contributed by atoms with Crippen molar-refractivity contribution in [2.45, 2.75) is 25.4 Å². The topological polar surface area (TPSA) is 36.3 Å². The summed E-state index contributed by atoms with van der Waals surface area (Å²) in [7, 11) is 0. The van der Waals surface area contributed by atoms with E-state index in [2.05, 4.69) is 11.0 Å². The Morgan fingerprint density at radius 3 is 2.61 bits per heavy atom. The van der Waals surface area contributed by atoms with Crippen LogP contribution in [-0.4, -0.2) is 24.1 Å². The van der Waals surface area contributed by atoms with E-state index in [1.54, 1.807) is 18.2 Å². The molecule has 1 aliphatic carbocycles. The zero-order chi connectivity index (χ0) is 16.1. The lowest BCUT2D eigenvalue weighted by Crippen LogP contribution is -2.30. The fourth-order valence-corrected chi connectivity index (χ4v) is 2.63. The van der Waals surface area contributed by atoms with Crippen molar-refractivity contribution in [3.8, 4) is 11.8 Å². The number of benzene rings is 2. The molecule has 118 valence electrons. The van der Waals surface area contributed by atoms with E-state index in [1.165, 1.54) is 6.07 Å². The number of para-hydroxylation sites is 1. The minimum Gasteiger partial charge on any atom is -0.491 e. The summed E-state index contributed by atoms with van der Waals surface area (Å²) in [4.78, 5) is 2.26. The predicted octanol–water partition coefficient (Wildman–Crippen LogP) is 3.74. The van der Waals surface area contributed by atoms with Gasteiger partial charge >= 0.3 is 0 Å². The van der Waals surface area contributed by atoms with Crippen LogP contribution in [0.15, 0.2) is 48.5 Å². The Morgan fingerprint density at radius 2 is 1.87 bits per heavy atom. The molecule has 0 saturated heterocycles. The molecule has 0 unspecified atom stereocenters. The number of nitriles is 1. The highest BCUT2D eigenvalue weighted by Crippen LogP contribution is 2.28. The maximum atomic E-state index is 13.8. The third-order valence-electron chi connectivity index (χ3n) is 4.04. The fourth-order valence-electron chi connectivity index (χ4n) is 2.63. The summed E-state index contributed by atoms with van der Waals surface area (Å²) in [6, 6.07) is 16.8. The van der Waals surface area contributed by atoms with E-state index >= 15 is 0 Å². The van der Waals surface area contributed by atoms with Gasteiger partial charge in [-0.25, -0.2) is 4.39 Å². The van der Waals surface area contributed by atoms with Crippen molar-refractivity contribution in [1.29, 1.82) is 5.26 Å². The molecule has 23 heavy (non-hydrogen) atoms. The molecule has 1 aliphatic rings. The Kier molecular flexibility index (Phi) is 4.89. The molecule has 3 rings (SSSR count). The maximum Gasteiger partial charge on any atom is 0.137 e. The molecule has 1 fully saturated rings. The van der Waals surface area contributed by atoms with E-state index in [-0.39, 0.29) is 5.82 Å². The Hall–Kier alpha value is -2.38. The normalized spacial score (nSPS) is 13.8. The van der Waals surface area contributed by atoms with Gasteiger partial charge in [-0.1, -0.05) is 30.3 Å². The molecule has 0 spiro atoms. The first kappa shape index (κ1) is 15.5. The summed E-state index contributed by atoms with van der Waals surface area (Å²) in [6.45, 7) is 1.81. The lowest BCUT2D eigenvalue weighted by atomic mass is 10.2. The highest BCUT2D eigenvalue weighted by atomic mass is 19.1. The van der Waals surface area contributed by atoms with Crippen molar-refractivity contribution in [1.82, 2.24) is 4.90 Å². The van der Waals surface area contributed by atoms with Crippen molar-refractivity contribution in [2.24, 2.45) is 0 Å². The van der Waals surface area contributed by atoms with Crippen LogP contribution in [0.25, 0.3) is 0 Å². The van der Waals surface area contributed by atoms with Gasteiger partial charge in [0.25, 0.3) is 0 Å². The number of halogens is 1. The molecule has 3 nitrogen and oxygen atoms in total. The van der Waals surface area contributed by atoms with Gasteiger partial charge in [0.05, 0.1) is 5.56 Å². The zero-order valence-electron chi connectivity index (χ0n) is 12.9. The van der Waals surface area contributed by atoms with Gasteiger partial charge in [-0.3, -0.25) is 4.90 Å². The molecule has 1 saturated carbocycles. The van der Waals surface area contributed by atoms with Crippen molar-refractivity contribution < 1.29 is 9.13 Å². The van der Waals surface area contributed by atoms with Crippen LogP contribution in [0.3, 0.4) is 0 Å². The average Bonchev–Trinajstić information content (AvgIpc) is 3.41. The molecule has 4 heteroatoms. The first-order valence-corrected chi connectivity index (χ1v) is 7.87. The largest absolute Gasteiger partial charge is 0.491 e. The third-order valence-corrected chi connectivity index (χ3v) is 4.04. The summed E-state index contributed by atoms with van der Waals surface area (Å²) in [5.74, 6) is 0.450. The van der Waals surface area contributed by atoms with Crippen molar-refractivity contribution in [3.63, 3.8) is 0 Å².